The molecule has 1 fully saturated rings. The zero-order valence-electron chi connectivity index (χ0n) is 14.9. The number of piperidine rings is 1. The van der Waals surface area contributed by atoms with Crippen LogP contribution in [-0.2, 0) is 10.0 Å². The summed E-state index contributed by atoms with van der Waals surface area (Å²) >= 11 is 1.43. The number of hydrogen-bond donors (Lipinski definition) is 1. The molecular formula is C15H21N7O2S2. The van der Waals surface area contributed by atoms with Gasteiger partial charge in [0, 0.05) is 24.7 Å². The van der Waals surface area contributed by atoms with Crippen molar-refractivity contribution in [2.45, 2.75) is 38.5 Å². The van der Waals surface area contributed by atoms with E-state index in [4.69, 9.17) is 0 Å². The molecular weight excluding hydrogens is 374 g/mol. The molecule has 0 saturated carbocycles. The van der Waals surface area contributed by atoms with Gasteiger partial charge in [0.25, 0.3) is 0 Å². The van der Waals surface area contributed by atoms with Crippen molar-refractivity contribution in [1.82, 2.24) is 34.3 Å². The van der Waals surface area contributed by atoms with Crippen LogP contribution in [0, 0.1) is 0 Å². The minimum atomic E-state index is -3.20. The lowest BCUT2D eigenvalue weighted by Gasteiger charge is -2.29. The number of nitrogens with one attached hydrogen (secondary N) is 1. The molecule has 4 rings (SSSR count). The van der Waals surface area contributed by atoms with Crippen LogP contribution in [0.2, 0.25) is 0 Å². The Kier molecular flexibility index (Phi) is 4.32. The van der Waals surface area contributed by atoms with E-state index in [0.29, 0.717) is 24.0 Å². The molecule has 4 heterocycles. The third kappa shape index (κ3) is 3.14. The minimum Gasteiger partial charge on any atom is -0.282 e. The van der Waals surface area contributed by atoms with E-state index in [1.807, 2.05) is 6.07 Å². The number of sulfonamides is 1. The first-order valence-corrected chi connectivity index (χ1v) is 11.2. The topological polar surface area (TPSA) is 109 Å². The van der Waals surface area contributed by atoms with Crippen molar-refractivity contribution in [3.8, 4) is 10.7 Å². The molecule has 0 amide bonds. The van der Waals surface area contributed by atoms with Gasteiger partial charge in [0.2, 0.25) is 15.0 Å². The van der Waals surface area contributed by atoms with Gasteiger partial charge in [-0.1, -0.05) is 25.2 Å². The van der Waals surface area contributed by atoms with Gasteiger partial charge in [0.1, 0.15) is 5.69 Å². The Morgan fingerprint density at radius 1 is 1.35 bits per heavy atom. The number of hydrogen-bond acceptors (Lipinski definition) is 7. The molecule has 0 aliphatic carbocycles. The largest absolute Gasteiger partial charge is 0.282 e. The SMILES string of the molecule is CC(C)c1cc(-c2nn3c(C4CCCN(S(C)(=O)=O)C4)nnc3s2)n[nH]1. The summed E-state index contributed by atoms with van der Waals surface area (Å²) in [5.74, 6) is 1.08. The summed E-state index contributed by atoms with van der Waals surface area (Å²) in [5.41, 5.74) is 1.85. The van der Waals surface area contributed by atoms with Gasteiger partial charge in [-0.3, -0.25) is 5.10 Å². The maximum Gasteiger partial charge on any atom is 0.235 e. The lowest BCUT2D eigenvalue weighted by molar-refractivity contribution is 0.309. The highest BCUT2D eigenvalue weighted by molar-refractivity contribution is 7.88. The molecule has 1 aliphatic rings. The van der Waals surface area contributed by atoms with Gasteiger partial charge in [-0.25, -0.2) is 12.7 Å². The number of aromatic nitrogens is 6. The fourth-order valence-electron chi connectivity index (χ4n) is 3.19. The average molecular weight is 396 g/mol. The molecule has 26 heavy (non-hydrogen) atoms. The molecule has 1 N–H and O–H groups in total. The zero-order chi connectivity index (χ0) is 18.5. The van der Waals surface area contributed by atoms with E-state index < -0.39 is 10.0 Å². The standard InChI is InChI=1S/C15H21N7O2S2/c1-9(2)11-7-12(17-16-11)14-20-22-13(18-19-15(22)25-14)10-5-4-6-21(8-10)26(3,23)24/h7,9-10H,4-6,8H2,1-3H3,(H,16,17). The second-order valence-corrected chi connectivity index (χ2v) is 9.92. The summed E-state index contributed by atoms with van der Waals surface area (Å²) in [4.78, 5) is 0.695. The third-order valence-electron chi connectivity index (χ3n) is 4.67. The molecule has 0 spiro atoms. The van der Waals surface area contributed by atoms with E-state index in [0.717, 1.165) is 35.1 Å². The number of H-pyrrole nitrogens is 1. The van der Waals surface area contributed by atoms with E-state index in [1.54, 1.807) is 4.52 Å². The van der Waals surface area contributed by atoms with E-state index in [2.05, 4.69) is 39.3 Å². The molecule has 140 valence electrons. The third-order valence-corrected chi connectivity index (χ3v) is 6.86. The van der Waals surface area contributed by atoms with Gasteiger partial charge < -0.3 is 0 Å². The quantitative estimate of drug-likeness (QED) is 0.722. The van der Waals surface area contributed by atoms with Gasteiger partial charge in [0.05, 0.1) is 6.26 Å². The summed E-state index contributed by atoms with van der Waals surface area (Å²) in [6.07, 6.45) is 2.93. The number of rotatable bonds is 4. The first-order chi connectivity index (χ1) is 12.3. The number of aromatic amines is 1. The van der Waals surface area contributed by atoms with Crippen LogP contribution in [0.5, 0.6) is 0 Å². The molecule has 0 radical (unpaired) electrons. The monoisotopic (exact) mass is 395 g/mol. The number of nitrogens with zero attached hydrogens (tertiary/aromatic N) is 6. The smallest absolute Gasteiger partial charge is 0.235 e. The van der Waals surface area contributed by atoms with Crippen molar-refractivity contribution >= 4 is 26.3 Å². The van der Waals surface area contributed by atoms with Gasteiger partial charge in [-0.15, -0.1) is 10.2 Å². The summed E-state index contributed by atoms with van der Waals surface area (Å²) in [6.45, 7) is 5.19. The maximum atomic E-state index is 11.9. The first kappa shape index (κ1) is 17.6. The molecule has 3 aromatic heterocycles. The van der Waals surface area contributed by atoms with Crippen molar-refractivity contribution in [1.29, 1.82) is 0 Å². The molecule has 1 saturated heterocycles. The lowest BCUT2D eigenvalue weighted by atomic mass is 9.99. The Morgan fingerprint density at radius 3 is 2.85 bits per heavy atom. The summed E-state index contributed by atoms with van der Waals surface area (Å²) in [7, 11) is -3.20. The highest BCUT2D eigenvalue weighted by atomic mass is 32.2. The van der Waals surface area contributed by atoms with Gasteiger partial charge in [-0.2, -0.15) is 14.7 Å². The van der Waals surface area contributed by atoms with Crippen molar-refractivity contribution in [2.75, 3.05) is 19.3 Å². The van der Waals surface area contributed by atoms with Gasteiger partial charge in [0.15, 0.2) is 10.8 Å². The van der Waals surface area contributed by atoms with Crippen LogP contribution in [0.4, 0.5) is 0 Å². The molecule has 1 aliphatic heterocycles. The van der Waals surface area contributed by atoms with Gasteiger partial charge in [-0.05, 0) is 24.8 Å². The van der Waals surface area contributed by atoms with Crippen LogP contribution in [0.15, 0.2) is 6.07 Å². The zero-order valence-corrected chi connectivity index (χ0v) is 16.5. The first-order valence-electron chi connectivity index (χ1n) is 8.56. The Morgan fingerprint density at radius 2 is 2.15 bits per heavy atom. The molecule has 11 heteroatoms. The molecule has 1 unspecified atom stereocenters. The lowest BCUT2D eigenvalue weighted by Crippen LogP contribution is -2.38. The van der Waals surface area contributed by atoms with Crippen molar-refractivity contribution < 1.29 is 8.42 Å². The Balaban J connectivity index is 1.65. The van der Waals surface area contributed by atoms with E-state index in [-0.39, 0.29) is 5.92 Å². The maximum absolute atomic E-state index is 11.9. The second-order valence-electron chi connectivity index (χ2n) is 6.98. The van der Waals surface area contributed by atoms with Crippen LogP contribution in [0.1, 0.15) is 50.0 Å². The fraction of sp³-hybridized carbons (Fsp3) is 0.600. The molecule has 3 aromatic rings. The molecule has 1 atom stereocenters. The predicted molar refractivity (Wildman–Crippen MR) is 98.7 cm³/mol. The molecule has 9 nitrogen and oxygen atoms in total. The van der Waals surface area contributed by atoms with Crippen LogP contribution >= 0.6 is 11.3 Å². The summed E-state index contributed by atoms with van der Waals surface area (Å²) in [5, 5.41) is 21.3. The normalized spacial score (nSPS) is 19.6. The van der Waals surface area contributed by atoms with Crippen LogP contribution in [-0.4, -0.2) is 62.1 Å². The number of fused-ring (bicyclic) bond motifs is 1. The highest BCUT2D eigenvalue weighted by Gasteiger charge is 2.30. The molecule has 0 bridgehead atoms. The predicted octanol–water partition coefficient (Wildman–Crippen LogP) is 1.84. The van der Waals surface area contributed by atoms with Crippen molar-refractivity contribution in [3.05, 3.63) is 17.6 Å². The highest BCUT2D eigenvalue weighted by Crippen LogP contribution is 2.31. The van der Waals surface area contributed by atoms with E-state index in [9.17, 15) is 8.42 Å². The van der Waals surface area contributed by atoms with Crippen molar-refractivity contribution in [2.24, 2.45) is 0 Å². The van der Waals surface area contributed by atoms with E-state index >= 15 is 0 Å². The molecule has 0 aromatic carbocycles. The fourth-order valence-corrected chi connectivity index (χ4v) is 4.91. The average Bonchev–Trinajstić information content (AvgIpc) is 3.28. The summed E-state index contributed by atoms with van der Waals surface area (Å²) < 4.78 is 27.0. The van der Waals surface area contributed by atoms with Crippen LogP contribution < -0.4 is 0 Å². The summed E-state index contributed by atoms with van der Waals surface area (Å²) in [6, 6.07) is 2.00. The Hall–Kier alpha value is -1.85. The van der Waals surface area contributed by atoms with Gasteiger partial charge >= 0.3 is 0 Å². The second kappa shape index (κ2) is 6.39. The minimum absolute atomic E-state index is 0.00571. The van der Waals surface area contributed by atoms with Crippen LogP contribution in [0.25, 0.3) is 15.7 Å². The van der Waals surface area contributed by atoms with E-state index in [1.165, 1.54) is 21.9 Å². The Bertz CT molecular complexity index is 1030. The Labute approximate surface area is 155 Å². The van der Waals surface area contributed by atoms with Crippen LogP contribution in [0.3, 0.4) is 0 Å². The van der Waals surface area contributed by atoms with Crippen molar-refractivity contribution in [3.63, 3.8) is 0 Å².